The third kappa shape index (κ3) is 2.99. The standard InChI is InChI=1S/C17H16N6OS/c1-22-6-2-3-13(22)8-19-16(24)14-7-12(10-25-14)11-4-5-15-20-17(18)21-23(15)9-11/h2-7,9-10H,8H2,1H3,(H2,18,21)(H,19,24). The topological polar surface area (TPSA) is 90.2 Å². The van der Waals surface area contributed by atoms with Gasteiger partial charge in [-0.2, -0.15) is 4.98 Å². The first kappa shape index (κ1) is 15.4. The Kier molecular flexibility index (Phi) is 3.73. The number of nitrogen functional groups attached to an aromatic ring is 1. The van der Waals surface area contributed by atoms with Crippen molar-refractivity contribution in [3.63, 3.8) is 0 Å². The summed E-state index contributed by atoms with van der Waals surface area (Å²) in [6, 6.07) is 9.62. The van der Waals surface area contributed by atoms with Crippen LogP contribution in [-0.4, -0.2) is 25.1 Å². The summed E-state index contributed by atoms with van der Waals surface area (Å²) in [4.78, 5) is 17.1. The van der Waals surface area contributed by atoms with Crippen LogP contribution in [0.1, 0.15) is 15.4 Å². The number of anilines is 1. The molecule has 7 nitrogen and oxygen atoms in total. The highest BCUT2D eigenvalue weighted by atomic mass is 32.1. The van der Waals surface area contributed by atoms with Crippen molar-refractivity contribution in [3.05, 3.63) is 58.7 Å². The van der Waals surface area contributed by atoms with Crippen LogP contribution in [0.4, 0.5) is 5.95 Å². The first-order valence-electron chi connectivity index (χ1n) is 7.69. The zero-order valence-corrected chi connectivity index (χ0v) is 14.3. The Bertz CT molecular complexity index is 1060. The summed E-state index contributed by atoms with van der Waals surface area (Å²) in [5.74, 6) is 0.159. The third-order valence-electron chi connectivity index (χ3n) is 3.99. The number of amides is 1. The summed E-state index contributed by atoms with van der Waals surface area (Å²) >= 11 is 1.42. The lowest BCUT2D eigenvalue weighted by atomic mass is 10.1. The first-order valence-corrected chi connectivity index (χ1v) is 8.57. The Hall–Kier alpha value is -3.13. The maximum absolute atomic E-state index is 12.4. The molecule has 0 aliphatic rings. The number of thiophene rings is 1. The van der Waals surface area contributed by atoms with E-state index in [0.29, 0.717) is 17.1 Å². The highest BCUT2D eigenvalue weighted by molar-refractivity contribution is 7.12. The Morgan fingerprint density at radius 1 is 1.32 bits per heavy atom. The lowest BCUT2D eigenvalue weighted by Gasteiger charge is -2.04. The molecule has 4 rings (SSSR count). The van der Waals surface area contributed by atoms with E-state index in [1.807, 2.05) is 59.7 Å². The predicted octanol–water partition coefficient (Wildman–Crippen LogP) is 2.31. The number of hydrogen-bond acceptors (Lipinski definition) is 5. The molecule has 0 bridgehead atoms. The van der Waals surface area contributed by atoms with E-state index in [0.717, 1.165) is 16.8 Å². The Labute approximate surface area is 147 Å². The molecule has 0 aliphatic carbocycles. The Balaban J connectivity index is 1.52. The number of hydrogen-bond donors (Lipinski definition) is 2. The number of aryl methyl sites for hydroxylation is 1. The molecular formula is C17H16N6OS. The van der Waals surface area contributed by atoms with Crippen LogP contribution >= 0.6 is 11.3 Å². The zero-order valence-electron chi connectivity index (χ0n) is 13.5. The fourth-order valence-corrected chi connectivity index (χ4v) is 3.45. The smallest absolute Gasteiger partial charge is 0.261 e. The second kappa shape index (κ2) is 6.06. The summed E-state index contributed by atoms with van der Waals surface area (Å²) in [5.41, 5.74) is 9.28. The minimum Gasteiger partial charge on any atom is -0.366 e. The van der Waals surface area contributed by atoms with Crippen LogP contribution in [0.15, 0.2) is 48.1 Å². The molecular weight excluding hydrogens is 336 g/mol. The van der Waals surface area contributed by atoms with Crippen molar-refractivity contribution in [3.8, 4) is 11.1 Å². The number of aromatic nitrogens is 4. The molecule has 126 valence electrons. The van der Waals surface area contributed by atoms with Gasteiger partial charge in [-0.15, -0.1) is 16.4 Å². The molecule has 0 aliphatic heterocycles. The number of nitrogens with two attached hydrogens (primary N) is 1. The molecule has 4 aromatic heterocycles. The van der Waals surface area contributed by atoms with Crippen LogP contribution in [0.5, 0.6) is 0 Å². The molecule has 8 heteroatoms. The lowest BCUT2D eigenvalue weighted by Crippen LogP contribution is -2.22. The number of nitrogens with zero attached hydrogens (tertiary/aromatic N) is 4. The van der Waals surface area contributed by atoms with Crippen molar-refractivity contribution in [2.24, 2.45) is 7.05 Å². The Morgan fingerprint density at radius 2 is 2.20 bits per heavy atom. The molecule has 0 unspecified atom stereocenters. The SMILES string of the molecule is Cn1cccc1CNC(=O)c1cc(-c2ccc3nc(N)nn3c2)cs1. The van der Waals surface area contributed by atoms with E-state index in [4.69, 9.17) is 5.73 Å². The number of carbonyl (C=O) groups is 1. The molecule has 0 aromatic carbocycles. The molecule has 1 amide bonds. The monoisotopic (exact) mass is 352 g/mol. The summed E-state index contributed by atoms with van der Waals surface area (Å²) in [6.45, 7) is 0.500. The van der Waals surface area contributed by atoms with Gasteiger partial charge in [-0.25, -0.2) is 4.52 Å². The highest BCUT2D eigenvalue weighted by Gasteiger charge is 2.11. The number of carbonyl (C=O) groups excluding carboxylic acids is 1. The van der Waals surface area contributed by atoms with Crippen LogP contribution in [0.3, 0.4) is 0 Å². The molecule has 0 spiro atoms. The largest absolute Gasteiger partial charge is 0.366 e. The van der Waals surface area contributed by atoms with Crippen LogP contribution in [0, 0.1) is 0 Å². The van der Waals surface area contributed by atoms with E-state index in [1.54, 1.807) is 4.52 Å². The van der Waals surface area contributed by atoms with Gasteiger partial charge in [0.15, 0.2) is 5.65 Å². The van der Waals surface area contributed by atoms with Crippen molar-refractivity contribution in [1.29, 1.82) is 0 Å². The average Bonchev–Trinajstić information content (AvgIpc) is 3.30. The summed E-state index contributed by atoms with van der Waals surface area (Å²) in [7, 11) is 1.96. The third-order valence-corrected chi connectivity index (χ3v) is 4.91. The maximum atomic E-state index is 12.4. The van der Waals surface area contributed by atoms with E-state index in [9.17, 15) is 4.79 Å². The average molecular weight is 352 g/mol. The van der Waals surface area contributed by atoms with Crippen molar-refractivity contribution < 1.29 is 4.79 Å². The molecule has 0 saturated carbocycles. The second-order valence-corrected chi connectivity index (χ2v) is 6.59. The van der Waals surface area contributed by atoms with Crippen LogP contribution in [-0.2, 0) is 13.6 Å². The normalized spacial score (nSPS) is 11.1. The number of fused-ring (bicyclic) bond motifs is 1. The van der Waals surface area contributed by atoms with Gasteiger partial charge in [-0.1, -0.05) is 0 Å². The number of pyridine rings is 1. The van der Waals surface area contributed by atoms with Gasteiger partial charge in [0.1, 0.15) is 0 Å². The van der Waals surface area contributed by atoms with Crippen molar-refractivity contribution in [2.75, 3.05) is 5.73 Å². The van der Waals surface area contributed by atoms with Crippen molar-refractivity contribution >= 4 is 28.8 Å². The van der Waals surface area contributed by atoms with Gasteiger partial charge in [0.25, 0.3) is 5.91 Å². The number of nitrogens with one attached hydrogen (secondary N) is 1. The van der Waals surface area contributed by atoms with Gasteiger partial charge in [-0.3, -0.25) is 4.79 Å². The molecule has 3 N–H and O–H groups in total. The molecule has 25 heavy (non-hydrogen) atoms. The summed E-state index contributed by atoms with van der Waals surface area (Å²) < 4.78 is 3.62. The maximum Gasteiger partial charge on any atom is 0.261 e. The lowest BCUT2D eigenvalue weighted by molar-refractivity contribution is 0.0954. The minimum atomic E-state index is -0.0801. The van der Waals surface area contributed by atoms with Crippen molar-refractivity contribution in [1.82, 2.24) is 24.5 Å². The molecule has 0 atom stereocenters. The van der Waals surface area contributed by atoms with Gasteiger partial charge in [0, 0.05) is 30.7 Å². The molecule has 0 fully saturated rings. The molecule has 4 heterocycles. The van der Waals surface area contributed by atoms with Crippen molar-refractivity contribution in [2.45, 2.75) is 6.54 Å². The predicted molar refractivity (Wildman–Crippen MR) is 97.3 cm³/mol. The fourth-order valence-electron chi connectivity index (χ4n) is 2.62. The quantitative estimate of drug-likeness (QED) is 0.590. The fraction of sp³-hybridized carbons (Fsp3) is 0.118. The highest BCUT2D eigenvalue weighted by Crippen LogP contribution is 2.26. The van der Waals surface area contributed by atoms with E-state index < -0.39 is 0 Å². The zero-order chi connectivity index (χ0) is 17.4. The van der Waals surface area contributed by atoms with E-state index >= 15 is 0 Å². The van der Waals surface area contributed by atoms with Crippen LogP contribution in [0.25, 0.3) is 16.8 Å². The van der Waals surface area contributed by atoms with Crippen LogP contribution < -0.4 is 11.1 Å². The first-order chi connectivity index (χ1) is 12.1. The van der Waals surface area contributed by atoms with Gasteiger partial charge >= 0.3 is 0 Å². The minimum absolute atomic E-state index is 0.0801. The van der Waals surface area contributed by atoms with Crippen LogP contribution in [0.2, 0.25) is 0 Å². The van der Waals surface area contributed by atoms with E-state index in [2.05, 4.69) is 15.4 Å². The van der Waals surface area contributed by atoms with Gasteiger partial charge in [0.05, 0.1) is 11.4 Å². The van der Waals surface area contributed by atoms with Gasteiger partial charge in [-0.05, 0) is 41.3 Å². The second-order valence-electron chi connectivity index (χ2n) is 5.68. The summed E-state index contributed by atoms with van der Waals surface area (Å²) in [6.07, 6.45) is 3.81. The molecule has 0 radical (unpaired) electrons. The molecule has 4 aromatic rings. The van der Waals surface area contributed by atoms with Gasteiger partial charge < -0.3 is 15.6 Å². The van der Waals surface area contributed by atoms with E-state index in [1.165, 1.54) is 11.3 Å². The Morgan fingerprint density at radius 3 is 3.00 bits per heavy atom. The van der Waals surface area contributed by atoms with Gasteiger partial charge in [0.2, 0.25) is 5.95 Å². The summed E-state index contributed by atoms with van der Waals surface area (Å²) in [5, 5.41) is 9.02. The number of rotatable bonds is 4. The van der Waals surface area contributed by atoms with E-state index in [-0.39, 0.29) is 11.9 Å². The molecule has 0 saturated heterocycles.